The SMILES string of the molecule is C1CCOC1.CCN(C)Cc1cccc(Nc2ccc(-c3cnc4cc(F)ccn34)c3c2C(=O)NC3)n1. The zero-order chi connectivity index (χ0) is 25.8. The maximum atomic E-state index is 13.6. The maximum Gasteiger partial charge on any atom is 0.254 e. The largest absolute Gasteiger partial charge is 0.381 e. The van der Waals surface area contributed by atoms with Gasteiger partial charge in [-0.15, -0.1) is 0 Å². The summed E-state index contributed by atoms with van der Waals surface area (Å²) in [6.45, 7) is 6.21. The Balaban J connectivity index is 0.000000503. The molecule has 4 aromatic rings. The minimum atomic E-state index is -0.337. The fraction of sp³-hybridized carbons (Fsp3) is 0.321. The molecular weight excluding hydrogens is 471 g/mol. The Morgan fingerprint density at radius 2 is 2.03 bits per heavy atom. The average molecular weight is 503 g/mol. The first-order chi connectivity index (χ1) is 18.0. The number of rotatable bonds is 6. The van der Waals surface area contributed by atoms with Gasteiger partial charge >= 0.3 is 0 Å². The van der Waals surface area contributed by atoms with Gasteiger partial charge in [-0.1, -0.05) is 19.1 Å². The van der Waals surface area contributed by atoms with E-state index >= 15 is 0 Å². The highest BCUT2D eigenvalue weighted by Gasteiger charge is 2.27. The van der Waals surface area contributed by atoms with Crippen molar-refractivity contribution >= 4 is 23.1 Å². The van der Waals surface area contributed by atoms with E-state index in [9.17, 15) is 9.18 Å². The topological polar surface area (TPSA) is 83.8 Å². The first-order valence-electron chi connectivity index (χ1n) is 12.6. The van der Waals surface area contributed by atoms with Crippen LogP contribution in [0.4, 0.5) is 15.9 Å². The smallest absolute Gasteiger partial charge is 0.254 e. The van der Waals surface area contributed by atoms with Gasteiger partial charge in [0, 0.05) is 44.1 Å². The molecular formula is C28H31FN6O2. The molecule has 192 valence electrons. The lowest BCUT2D eigenvalue weighted by Crippen LogP contribution is -2.17. The molecule has 9 heteroatoms. The van der Waals surface area contributed by atoms with Gasteiger partial charge < -0.3 is 20.3 Å². The second kappa shape index (κ2) is 11.1. The van der Waals surface area contributed by atoms with Gasteiger partial charge in [0.25, 0.3) is 5.91 Å². The molecule has 0 unspecified atom stereocenters. The van der Waals surface area contributed by atoms with E-state index in [2.05, 4.69) is 27.4 Å². The number of nitrogens with one attached hydrogen (secondary N) is 2. The van der Waals surface area contributed by atoms with Crippen LogP contribution in [0.1, 0.15) is 41.4 Å². The van der Waals surface area contributed by atoms with E-state index in [0.717, 1.165) is 48.8 Å². The Morgan fingerprint density at radius 3 is 2.78 bits per heavy atom. The van der Waals surface area contributed by atoms with Crippen LogP contribution < -0.4 is 10.6 Å². The van der Waals surface area contributed by atoms with Crippen molar-refractivity contribution in [2.45, 2.75) is 32.9 Å². The highest BCUT2D eigenvalue weighted by molar-refractivity contribution is 6.06. The van der Waals surface area contributed by atoms with Crippen LogP contribution in [0.3, 0.4) is 0 Å². The lowest BCUT2D eigenvalue weighted by molar-refractivity contribution is 0.0966. The molecule has 6 rings (SSSR count). The van der Waals surface area contributed by atoms with Crippen molar-refractivity contribution in [3.63, 3.8) is 0 Å². The number of hydrogen-bond donors (Lipinski definition) is 2. The third-order valence-electron chi connectivity index (χ3n) is 6.59. The third-order valence-corrected chi connectivity index (χ3v) is 6.59. The van der Waals surface area contributed by atoms with E-state index in [1.807, 2.05) is 41.8 Å². The maximum absolute atomic E-state index is 13.6. The Morgan fingerprint density at radius 1 is 1.19 bits per heavy atom. The Bertz CT molecular complexity index is 1410. The van der Waals surface area contributed by atoms with Crippen LogP contribution in [-0.4, -0.2) is 52.0 Å². The summed E-state index contributed by atoms with van der Waals surface area (Å²) in [6.07, 6.45) is 5.91. The van der Waals surface area contributed by atoms with E-state index in [-0.39, 0.29) is 11.7 Å². The molecule has 0 bridgehead atoms. The summed E-state index contributed by atoms with van der Waals surface area (Å²) in [4.78, 5) is 23.9. The van der Waals surface area contributed by atoms with Crippen LogP contribution in [0.5, 0.6) is 0 Å². The predicted molar refractivity (Wildman–Crippen MR) is 141 cm³/mol. The van der Waals surface area contributed by atoms with Crippen LogP contribution in [-0.2, 0) is 17.8 Å². The zero-order valence-corrected chi connectivity index (χ0v) is 21.1. The van der Waals surface area contributed by atoms with Gasteiger partial charge in [0.2, 0.25) is 0 Å². The molecule has 1 amide bonds. The standard InChI is InChI=1S/C24H23FN6O.C4H8O/c1-3-30(2)14-16-5-4-6-21(28-16)29-19-8-7-17(18-12-27-24(32)23(18)19)20-13-26-22-11-15(25)9-10-31(20)22;1-2-4-5-3-1/h4-11,13H,3,12,14H2,1-2H3,(H,27,32)(H,28,29);1-4H2. The Labute approximate surface area is 215 Å². The van der Waals surface area contributed by atoms with Crippen molar-refractivity contribution in [3.8, 4) is 11.3 Å². The van der Waals surface area contributed by atoms with Gasteiger partial charge in [-0.25, -0.2) is 14.4 Å². The number of hydrogen-bond acceptors (Lipinski definition) is 6. The third kappa shape index (κ3) is 5.47. The highest BCUT2D eigenvalue weighted by atomic mass is 19.1. The number of amides is 1. The molecule has 0 radical (unpaired) electrons. The first kappa shape index (κ1) is 24.9. The first-order valence-corrected chi connectivity index (χ1v) is 12.6. The van der Waals surface area contributed by atoms with Crippen LogP contribution in [0.2, 0.25) is 0 Å². The fourth-order valence-electron chi connectivity index (χ4n) is 4.52. The lowest BCUT2D eigenvalue weighted by atomic mass is 9.99. The summed E-state index contributed by atoms with van der Waals surface area (Å²) in [7, 11) is 2.05. The molecule has 0 atom stereocenters. The molecule has 3 aromatic heterocycles. The van der Waals surface area contributed by atoms with Crippen molar-refractivity contribution < 1.29 is 13.9 Å². The van der Waals surface area contributed by atoms with Crippen LogP contribution in [0.25, 0.3) is 16.9 Å². The Hall–Kier alpha value is -3.82. The van der Waals surface area contributed by atoms with Gasteiger partial charge in [0.05, 0.1) is 28.8 Å². The van der Waals surface area contributed by atoms with E-state index in [4.69, 9.17) is 9.72 Å². The molecule has 1 saturated heterocycles. The molecule has 1 fully saturated rings. The summed E-state index contributed by atoms with van der Waals surface area (Å²) in [6, 6.07) is 12.5. The Kier molecular flexibility index (Phi) is 7.43. The number of fused-ring (bicyclic) bond motifs is 2. The fourth-order valence-corrected chi connectivity index (χ4v) is 4.52. The number of halogens is 1. The van der Waals surface area contributed by atoms with Crippen LogP contribution in [0.15, 0.2) is 54.9 Å². The molecule has 2 aliphatic rings. The normalized spacial score (nSPS) is 14.4. The number of nitrogens with zero attached hydrogens (tertiary/aromatic N) is 4. The molecule has 0 saturated carbocycles. The number of anilines is 2. The summed E-state index contributed by atoms with van der Waals surface area (Å²) in [5, 5.41) is 6.24. The minimum absolute atomic E-state index is 0.133. The number of carbonyl (C=O) groups is 1. The monoisotopic (exact) mass is 502 g/mol. The summed E-state index contributed by atoms with van der Waals surface area (Å²) < 4.78 is 20.3. The molecule has 0 aliphatic carbocycles. The predicted octanol–water partition coefficient (Wildman–Crippen LogP) is 4.77. The number of imidazole rings is 1. The molecule has 2 aliphatic heterocycles. The van der Waals surface area contributed by atoms with Gasteiger partial charge in [-0.05, 0) is 56.3 Å². The van der Waals surface area contributed by atoms with Crippen molar-refractivity contribution in [3.05, 3.63) is 77.5 Å². The van der Waals surface area contributed by atoms with E-state index < -0.39 is 0 Å². The number of carbonyl (C=O) groups excluding carboxylic acids is 1. The van der Waals surface area contributed by atoms with E-state index in [1.165, 1.54) is 25.0 Å². The molecule has 8 nitrogen and oxygen atoms in total. The van der Waals surface area contributed by atoms with Gasteiger partial charge in [-0.3, -0.25) is 9.20 Å². The quantitative estimate of drug-likeness (QED) is 0.395. The average Bonchev–Trinajstić information content (AvgIpc) is 3.67. The summed E-state index contributed by atoms with van der Waals surface area (Å²) in [5.74, 6) is 0.217. The van der Waals surface area contributed by atoms with Gasteiger partial charge in [-0.2, -0.15) is 0 Å². The van der Waals surface area contributed by atoms with Crippen molar-refractivity contribution in [1.82, 2.24) is 24.6 Å². The molecule has 1 aromatic carbocycles. The van der Waals surface area contributed by atoms with Gasteiger partial charge in [0.1, 0.15) is 17.3 Å². The molecule has 5 heterocycles. The number of ether oxygens (including phenoxy) is 1. The number of aromatic nitrogens is 3. The van der Waals surface area contributed by atoms with Gasteiger partial charge in [0.15, 0.2) is 0 Å². The number of pyridine rings is 2. The molecule has 37 heavy (non-hydrogen) atoms. The number of benzene rings is 1. The zero-order valence-electron chi connectivity index (χ0n) is 21.1. The van der Waals surface area contributed by atoms with E-state index in [0.29, 0.717) is 29.3 Å². The summed E-state index contributed by atoms with van der Waals surface area (Å²) in [5.41, 5.74) is 5.34. The van der Waals surface area contributed by atoms with Crippen molar-refractivity contribution in [1.29, 1.82) is 0 Å². The van der Waals surface area contributed by atoms with E-state index in [1.54, 1.807) is 12.4 Å². The van der Waals surface area contributed by atoms with Crippen LogP contribution >= 0.6 is 0 Å². The van der Waals surface area contributed by atoms with Crippen LogP contribution in [0, 0.1) is 5.82 Å². The summed E-state index contributed by atoms with van der Waals surface area (Å²) >= 11 is 0. The molecule has 2 N–H and O–H groups in total. The van der Waals surface area contributed by atoms with Crippen molar-refractivity contribution in [2.75, 3.05) is 32.1 Å². The van der Waals surface area contributed by atoms with Crippen molar-refractivity contribution in [2.24, 2.45) is 0 Å². The second-order valence-electron chi connectivity index (χ2n) is 9.20. The lowest BCUT2D eigenvalue weighted by Gasteiger charge is -2.15. The minimum Gasteiger partial charge on any atom is -0.381 e. The highest BCUT2D eigenvalue weighted by Crippen LogP contribution is 2.35. The molecule has 0 spiro atoms. The second-order valence-corrected chi connectivity index (χ2v) is 9.20.